The quantitative estimate of drug-likeness (QED) is 0.437. The minimum absolute atomic E-state index is 0.106. The Morgan fingerprint density at radius 2 is 1.76 bits per heavy atom. The molecule has 7 nitrogen and oxygen atoms in total. The van der Waals surface area contributed by atoms with Crippen LogP contribution in [0.3, 0.4) is 0 Å². The third-order valence-electron chi connectivity index (χ3n) is 6.42. The Balaban J connectivity index is 1.65. The van der Waals surface area contributed by atoms with Crippen LogP contribution in [0.25, 0.3) is 0 Å². The Hall–Kier alpha value is -2.93. The van der Waals surface area contributed by atoms with Gasteiger partial charge in [0.25, 0.3) is 0 Å². The summed E-state index contributed by atoms with van der Waals surface area (Å²) in [6.07, 6.45) is 6.48. The number of hydrogen-bond donors (Lipinski definition) is 1. The van der Waals surface area contributed by atoms with E-state index in [1.165, 1.54) is 12.8 Å². The standard InChI is InChI=1S/C26H31ClN2O5/c1-32-21-11-9-19(10-12-21)25(26(31)28-20-6-4-2-3-5-7-20)29(24(30)15-27)16-18-8-13-22-23(14-18)34-17-33-22/h8-14,20,25H,2-7,15-17H2,1H3,(H,28,31)/t25-/m0/s1. The van der Waals surface area contributed by atoms with Gasteiger partial charge in [0.15, 0.2) is 11.5 Å². The molecule has 182 valence electrons. The molecule has 1 N–H and O–H groups in total. The Bertz CT molecular complexity index is 989. The van der Waals surface area contributed by atoms with Crippen LogP contribution in [-0.2, 0) is 16.1 Å². The van der Waals surface area contributed by atoms with E-state index in [4.69, 9.17) is 25.8 Å². The lowest BCUT2D eigenvalue weighted by Gasteiger charge is -2.32. The molecule has 0 spiro atoms. The molecule has 1 aliphatic carbocycles. The minimum atomic E-state index is -0.828. The van der Waals surface area contributed by atoms with Crippen LogP contribution >= 0.6 is 11.6 Å². The van der Waals surface area contributed by atoms with E-state index < -0.39 is 6.04 Å². The predicted molar refractivity (Wildman–Crippen MR) is 129 cm³/mol. The molecule has 34 heavy (non-hydrogen) atoms. The zero-order valence-electron chi connectivity index (χ0n) is 19.4. The van der Waals surface area contributed by atoms with E-state index in [1.54, 1.807) is 24.1 Å². The fraction of sp³-hybridized carbons (Fsp3) is 0.462. The van der Waals surface area contributed by atoms with Crippen LogP contribution in [0.5, 0.6) is 17.2 Å². The van der Waals surface area contributed by atoms with Crippen molar-refractivity contribution in [2.24, 2.45) is 0 Å². The Morgan fingerprint density at radius 3 is 2.44 bits per heavy atom. The first-order valence-electron chi connectivity index (χ1n) is 11.8. The van der Waals surface area contributed by atoms with Gasteiger partial charge in [0.2, 0.25) is 18.6 Å². The summed E-state index contributed by atoms with van der Waals surface area (Å²) in [6.45, 7) is 0.373. The van der Waals surface area contributed by atoms with Crippen molar-refractivity contribution >= 4 is 23.4 Å². The van der Waals surface area contributed by atoms with E-state index in [0.717, 1.165) is 31.2 Å². The number of halogens is 1. The minimum Gasteiger partial charge on any atom is -0.497 e. The van der Waals surface area contributed by atoms with Crippen LogP contribution in [0.4, 0.5) is 0 Å². The Labute approximate surface area is 205 Å². The van der Waals surface area contributed by atoms with Crippen molar-refractivity contribution in [1.82, 2.24) is 10.2 Å². The van der Waals surface area contributed by atoms with E-state index in [-0.39, 0.29) is 37.1 Å². The van der Waals surface area contributed by atoms with Crippen LogP contribution in [0, 0.1) is 0 Å². The van der Waals surface area contributed by atoms with Gasteiger partial charge >= 0.3 is 0 Å². The van der Waals surface area contributed by atoms with Crippen molar-refractivity contribution in [3.8, 4) is 17.2 Å². The molecule has 2 aliphatic rings. The van der Waals surface area contributed by atoms with Crippen LogP contribution in [0.1, 0.15) is 55.7 Å². The van der Waals surface area contributed by atoms with E-state index in [1.807, 2.05) is 30.3 Å². The number of nitrogens with one attached hydrogen (secondary N) is 1. The molecule has 2 amide bonds. The van der Waals surface area contributed by atoms with Crippen molar-refractivity contribution in [2.75, 3.05) is 19.8 Å². The highest BCUT2D eigenvalue weighted by Crippen LogP contribution is 2.34. The van der Waals surface area contributed by atoms with Gasteiger partial charge in [0.05, 0.1) is 7.11 Å². The van der Waals surface area contributed by atoms with E-state index in [0.29, 0.717) is 22.8 Å². The topological polar surface area (TPSA) is 77.1 Å². The third kappa shape index (κ3) is 5.76. The largest absolute Gasteiger partial charge is 0.497 e. The Morgan fingerprint density at radius 1 is 1.06 bits per heavy atom. The maximum atomic E-state index is 13.7. The number of benzene rings is 2. The van der Waals surface area contributed by atoms with Crippen molar-refractivity contribution in [1.29, 1.82) is 0 Å². The van der Waals surface area contributed by atoms with Gasteiger partial charge in [0, 0.05) is 12.6 Å². The first-order chi connectivity index (χ1) is 16.6. The SMILES string of the molecule is COc1ccc([C@@H](C(=O)NC2CCCCCC2)N(Cc2ccc3c(c2)OCO3)C(=O)CCl)cc1. The zero-order valence-corrected chi connectivity index (χ0v) is 20.2. The fourth-order valence-corrected chi connectivity index (χ4v) is 4.75. The second-order valence-corrected chi connectivity index (χ2v) is 8.98. The van der Waals surface area contributed by atoms with E-state index in [2.05, 4.69) is 5.32 Å². The molecule has 1 atom stereocenters. The summed E-state index contributed by atoms with van der Waals surface area (Å²) < 4.78 is 16.2. The van der Waals surface area contributed by atoms with E-state index >= 15 is 0 Å². The number of methoxy groups -OCH3 is 1. The number of amides is 2. The summed E-state index contributed by atoms with van der Waals surface area (Å²) >= 11 is 6.02. The molecule has 0 saturated heterocycles. The number of nitrogens with zero attached hydrogens (tertiary/aromatic N) is 1. The van der Waals surface area contributed by atoms with Gasteiger partial charge in [-0.3, -0.25) is 9.59 Å². The van der Waals surface area contributed by atoms with Crippen molar-refractivity contribution in [3.05, 3.63) is 53.6 Å². The van der Waals surface area contributed by atoms with Crippen LogP contribution in [0.15, 0.2) is 42.5 Å². The normalized spacial score (nSPS) is 16.4. The highest BCUT2D eigenvalue weighted by atomic mass is 35.5. The fourth-order valence-electron chi connectivity index (χ4n) is 4.60. The molecule has 2 aromatic rings. The van der Waals surface area contributed by atoms with Gasteiger partial charge in [0.1, 0.15) is 17.7 Å². The van der Waals surface area contributed by atoms with E-state index in [9.17, 15) is 9.59 Å². The number of carbonyl (C=O) groups is 2. The molecule has 2 aromatic carbocycles. The van der Waals surface area contributed by atoms with Gasteiger partial charge in [-0.05, 0) is 48.2 Å². The second kappa shape index (κ2) is 11.5. The lowest BCUT2D eigenvalue weighted by atomic mass is 10.0. The molecule has 1 saturated carbocycles. The predicted octanol–water partition coefficient (Wildman–Crippen LogP) is 4.57. The number of rotatable bonds is 8. The summed E-state index contributed by atoms with van der Waals surface area (Å²) in [6, 6.07) is 12.0. The van der Waals surface area contributed by atoms with Crippen LogP contribution in [0.2, 0.25) is 0 Å². The number of fused-ring (bicyclic) bond motifs is 1. The van der Waals surface area contributed by atoms with Crippen molar-refractivity contribution in [2.45, 2.75) is 57.2 Å². The summed E-state index contributed by atoms with van der Waals surface area (Å²) in [7, 11) is 1.59. The number of ether oxygens (including phenoxy) is 3. The van der Waals surface area contributed by atoms with Gasteiger partial charge < -0.3 is 24.4 Å². The van der Waals surface area contributed by atoms with Crippen LogP contribution in [-0.4, -0.2) is 42.5 Å². The second-order valence-electron chi connectivity index (χ2n) is 8.72. The highest BCUT2D eigenvalue weighted by Gasteiger charge is 2.33. The maximum Gasteiger partial charge on any atom is 0.247 e. The Kier molecular flexibility index (Phi) is 8.16. The molecule has 8 heteroatoms. The first kappa shape index (κ1) is 24.2. The third-order valence-corrected chi connectivity index (χ3v) is 6.65. The van der Waals surface area contributed by atoms with Gasteiger partial charge in [-0.15, -0.1) is 11.6 Å². The summed E-state index contributed by atoms with van der Waals surface area (Å²) in [5, 5.41) is 3.22. The summed E-state index contributed by atoms with van der Waals surface area (Å²) in [5.74, 6) is 1.22. The van der Waals surface area contributed by atoms with Gasteiger partial charge in [-0.2, -0.15) is 0 Å². The molecule has 0 bridgehead atoms. The monoisotopic (exact) mass is 486 g/mol. The van der Waals surface area contributed by atoms with Crippen molar-refractivity contribution < 1.29 is 23.8 Å². The molecule has 1 aliphatic heterocycles. The van der Waals surface area contributed by atoms with Gasteiger partial charge in [-0.25, -0.2) is 0 Å². The van der Waals surface area contributed by atoms with Gasteiger partial charge in [-0.1, -0.05) is 43.9 Å². The number of alkyl halides is 1. The highest BCUT2D eigenvalue weighted by molar-refractivity contribution is 6.27. The molecule has 0 aromatic heterocycles. The first-order valence-corrected chi connectivity index (χ1v) is 12.3. The molecule has 1 heterocycles. The average molecular weight is 487 g/mol. The molecule has 0 unspecified atom stereocenters. The van der Waals surface area contributed by atoms with Crippen LogP contribution < -0.4 is 19.5 Å². The zero-order chi connectivity index (χ0) is 23.9. The van der Waals surface area contributed by atoms with Crippen molar-refractivity contribution in [3.63, 3.8) is 0 Å². The average Bonchev–Trinajstić information content (AvgIpc) is 3.18. The molecular weight excluding hydrogens is 456 g/mol. The molecular formula is C26H31ClN2O5. The number of carbonyl (C=O) groups excluding carboxylic acids is 2. The summed E-state index contributed by atoms with van der Waals surface area (Å²) in [5.41, 5.74) is 1.52. The lowest BCUT2D eigenvalue weighted by Crippen LogP contribution is -2.46. The summed E-state index contributed by atoms with van der Waals surface area (Å²) in [4.78, 5) is 28.3. The number of hydrogen-bond acceptors (Lipinski definition) is 5. The molecule has 4 rings (SSSR count). The maximum absolute atomic E-state index is 13.7. The molecule has 0 radical (unpaired) electrons. The molecule has 1 fully saturated rings. The lowest BCUT2D eigenvalue weighted by molar-refractivity contribution is -0.140. The smallest absolute Gasteiger partial charge is 0.247 e.